The van der Waals surface area contributed by atoms with E-state index in [0.29, 0.717) is 6.54 Å². The van der Waals surface area contributed by atoms with Gasteiger partial charge in [-0.25, -0.2) is 0 Å². The molecular weight excluding hydrogens is 484 g/mol. The number of rotatable bonds is 3. The number of aryl methyl sites for hydroxylation is 2. The first-order valence-electron chi connectivity index (χ1n) is 14.0. The van der Waals surface area contributed by atoms with E-state index in [0.717, 1.165) is 84.2 Å². The van der Waals surface area contributed by atoms with Crippen molar-refractivity contribution in [3.05, 3.63) is 94.7 Å². The molecule has 5 heteroatoms. The molecule has 0 bridgehead atoms. The normalized spacial score (nSPS) is 17.8. The van der Waals surface area contributed by atoms with Crippen LogP contribution in [0.3, 0.4) is 0 Å². The van der Waals surface area contributed by atoms with E-state index in [1.165, 1.54) is 16.7 Å². The van der Waals surface area contributed by atoms with E-state index in [1.807, 2.05) is 36.1 Å². The fourth-order valence-electron chi connectivity index (χ4n) is 6.59. The number of nitrogens with zero attached hydrogens (tertiary/aromatic N) is 2. The maximum atomic E-state index is 13.7. The summed E-state index contributed by atoms with van der Waals surface area (Å²) in [5.74, 6) is 2.89. The molecule has 3 aromatic carbocycles. The Kier molecular flexibility index (Phi) is 5.67. The quantitative estimate of drug-likeness (QED) is 0.300. The third-order valence-electron chi connectivity index (χ3n) is 9.04. The molecule has 7 rings (SSSR count). The van der Waals surface area contributed by atoms with Crippen LogP contribution in [0, 0.1) is 13.8 Å². The minimum absolute atomic E-state index is 0.0665. The van der Waals surface area contributed by atoms with Gasteiger partial charge in [0, 0.05) is 34.3 Å². The highest BCUT2D eigenvalue weighted by Gasteiger charge is 2.44. The smallest absolute Gasteiger partial charge is 0.258 e. The summed E-state index contributed by atoms with van der Waals surface area (Å²) in [6.07, 6.45) is 3.07. The number of furan rings is 1. The number of hydrogen-bond donors (Lipinski definition) is 0. The summed E-state index contributed by atoms with van der Waals surface area (Å²) in [5.41, 5.74) is 8.89. The van der Waals surface area contributed by atoms with Gasteiger partial charge in [-0.15, -0.1) is 0 Å². The second-order valence-electron chi connectivity index (χ2n) is 11.6. The Hall–Kier alpha value is -3.83. The topological polar surface area (TPSA) is 45.9 Å². The predicted molar refractivity (Wildman–Crippen MR) is 155 cm³/mol. The lowest BCUT2D eigenvalue weighted by atomic mass is 9.74. The summed E-state index contributed by atoms with van der Waals surface area (Å²) >= 11 is 0. The zero-order chi connectivity index (χ0) is 26.7. The molecule has 0 saturated carbocycles. The fraction of sp³-hybridized carbons (Fsp3) is 0.324. The molecule has 0 unspecified atom stereocenters. The van der Waals surface area contributed by atoms with E-state index in [4.69, 9.17) is 9.15 Å². The van der Waals surface area contributed by atoms with Crippen LogP contribution in [0.5, 0.6) is 5.75 Å². The minimum Gasteiger partial charge on any atom is -0.492 e. The second-order valence-corrected chi connectivity index (χ2v) is 11.6. The van der Waals surface area contributed by atoms with Gasteiger partial charge in [-0.05, 0) is 118 Å². The maximum Gasteiger partial charge on any atom is 0.258 e. The van der Waals surface area contributed by atoms with Crippen molar-refractivity contribution in [2.45, 2.75) is 38.5 Å². The average molecular weight is 519 g/mol. The zero-order valence-corrected chi connectivity index (χ0v) is 22.9. The summed E-state index contributed by atoms with van der Waals surface area (Å²) in [6, 6.07) is 22.9. The molecule has 0 radical (unpaired) electrons. The largest absolute Gasteiger partial charge is 0.492 e. The highest BCUT2D eigenvalue weighted by Crippen LogP contribution is 2.49. The van der Waals surface area contributed by atoms with Crippen molar-refractivity contribution < 1.29 is 13.9 Å². The molecule has 0 atom stereocenters. The SMILES string of the molecule is Cc1ccc(-c2ccc(-c3ccc(C(=O)N4CCc5cc6c(cc54)C4(CCN(C)CC4)CO6)cc3)c(C)c2)o1. The van der Waals surface area contributed by atoms with Crippen molar-refractivity contribution in [1.29, 1.82) is 0 Å². The van der Waals surface area contributed by atoms with Crippen LogP contribution in [0.4, 0.5) is 5.69 Å². The molecule has 1 aromatic heterocycles. The Morgan fingerprint density at radius 1 is 0.872 bits per heavy atom. The van der Waals surface area contributed by atoms with E-state index >= 15 is 0 Å². The number of hydrogen-bond acceptors (Lipinski definition) is 4. The maximum absolute atomic E-state index is 13.7. The van der Waals surface area contributed by atoms with Crippen LogP contribution in [0.15, 0.2) is 71.1 Å². The number of amides is 1. The molecule has 5 nitrogen and oxygen atoms in total. The molecule has 3 aliphatic heterocycles. The zero-order valence-electron chi connectivity index (χ0n) is 22.9. The van der Waals surface area contributed by atoms with Gasteiger partial charge in [-0.3, -0.25) is 4.79 Å². The van der Waals surface area contributed by atoms with Crippen molar-refractivity contribution in [1.82, 2.24) is 4.90 Å². The Bertz CT molecular complexity index is 1570. The van der Waals surface area contributed by atoms with Crippen molar-refractivity contribution in [3.8, 4) is 28.2 Å². The van der Waals surface area contributed by atoms with Crippen molar-refractivity contribution in [2.24, 2.45) is 0 Å². The minimum atomic E-state index is 0.0665. The van der Waals surface area contributed by atoms with E-state index in [9.17, 15) is 4.79 Å². The monoisotopic (exact) mass is 518 g/mol. The number of ether oxygens (including phenoxy) is 1. The van der Waals surface area contributed by atoms with Gasteiger partial charge in [0.1, 0.15) is 17.3 Å². The first-order chi connectivity index (χ1) is 18.9. The van der Waals surface area contributed by atoms with Crippen LogP contribution >= 0.6 is 0 Å². The molecule has 4 heterocycles. The van der Waals surface area contributed by atoms with E-state index in [2.05, 4.69) is 61.3 Å². The van der Waals surface area contributed by atoms with Crippen molar-refractivity contribution >= 4 is 11.6 Å². The fourth-order valence-corrected chi connectivity index (χ4v) is 6.59. The number of anilines is 1. The summed E-state index contributed by atoms with van der Waals surface area (Å²) in [7, 11) is 2.19. The molecule has 1 saturated heterocycles. The van der Waals surface area contributed by atoms with Gasteiger partial charge in [0.2, 0.25) is 0 Å². The summed E-state index contributed by atoms with van der Waals surface area (Å²) in [6.45, 7) is 7.71. The van der Waals surface area contributed by atoms with Crippen LogP contribution in [0.2, 0.25) is 0 Å². The van der Waals surface area contributed by atoms with Gasteiger partial charge in [0.05, 0.1) is 6.61 Å². The lowest BCUT2D eigenvalue weighted by Crippen LogP contribution is -2.42. The van der Waals surface area contributed by atoms with Gasteiger partial charge >= 0.3 is 0 Å². The third kappa shape index (κ3) is 4.07. The van der Waals surface area contributed by atoms with Gasteiger partial charge < -0.3 is 19.0 Å². The van der Waals surface area contributed by atoms with Crippen LogP contribution in [-0.2, 0) is 11.8 Å². The van der Waals surface area contributed by atoms with Gasteiger partial charge in [0.25, 0.3) is 5.91 Å². The third-order valence-corrected chi connectivity index (χ3v) is 9.04. The Labute approximate surface area is 230 Å². The van der Waals surface area contributed by atoms with E-state index < -0.39 is 0 Å². The average Bonchev–Trinajstić information content (AvgIpc) is 3.66. The first-order valence-corrected chi connectivity index (χ1v) is 14.0. The molecule has 198 valence electrons. The molecule has 39 heavy (non-hydrogen) atoms. The number of piperidine rings is 1. The lowest BCUT2D eigenvalue weighted by Gasteiger charge is -2.37. The van der Waals surface area contributed by atoms with Gasteiger partial charge in [-0.2, -0.15) is 0 Å². The van der Waals surface area contributed by atoms with Crippen LogP contribution < -0.4 is 9.64 Å². The number of likely N-dealkylation sites (tertiary alicyclic amines) is 1. The number of fused-ring (bicyclic) bond motifs is 3. The highest BCUT2D eigenvalue weighted by atomic mass is 16.5. The summed E-state index contributed by atoms with van der Waals surface area (Å²) in [5, 5.41) is 0. The molecule has 3 aliphatic rings. The molecule has 1 fully saturated rings. The van der Waals surface area contributed by atoms with Gasteiger partial charge in [-0.1, -0.05) is 24.3 Å². The molecule has 0 aliphatic carbocycles. The molecule has 1 amide bonds. The molecule has 0 N–H and O–H groups in total. The highest BCUT2D eigenvalue weighted by molar-refractivity contribution is 6.07. The second kappa shape index (κ2) is 9.13. The number of carbonyl (C=O) groups is 1. The molecule has 4 aromatic rings. The lowest BCUT2D eigenvalue weighted by molar-refractivity contribution is 0.0989. The Balaban J connectivity index is 1.13. The van der Waals surface area contributed by atoms with Crippen LogP contribution in [-0.4, -0.2) is 44.1 Å². The van der Waals surface area contributed by atoms with Gasteiger partial charge in [0.15, 0.2) is 0 Å². The molecular formula is C34H34N2O3. The van der Waals surface area contributed by atoms with Crippen LogP contribution in [0.25, 0.3) is 22.5 Å². The summed E-state index contributed by atoms with van der Waals surface area (Å²) in [4.78, 5) is 18.1. The number of carbonyl (C=O) groups excluding carboxylic acids is 1. The van der Waals surface area contributed by atoms with E-state index in [-0.39, 0.29) is 11.3 Å². The first kappa shape index (κ1) is 24.2. The summed E-state index contributed by atoms with van der Waals surface area (Å²) < 4.78 is 12.0. The number of benzene rings is 3. The predicted octanol–water partition coefficient (Wildman–Crippen LogP) is 6.79. The standard InChI is InChI=1S/C34H34N2O3/c1-22-18-27(31-11-4-23(2)39-31)9-10-28(22)24-5-7-25(8-6-24)33(37)36-15-12-26-19-32-29(20-30(26)36)34(21-38-32)13-16-35(3)17-14-34/h4-11,18-20H,12-17,21H2,1-3H3. The van der Waals surface area contributed by atoms with Crippen molar-refractivity contribution in [3.63, 3.8) is 0 Å². The Morgan fingerprint density at radius 3 is 2.36 bits per heavy atom. The Morgan fingerprint density at radius 2 is 1.64 bits per heavy atom. The van der Waals surface area contributed by atoms with Crippen molar-refractivity contribution in [2.75, 3.05) is 38.2 Å². The van der Waals surface area contributed by atoms with Crippen LogP contribution in [0.1, 0.15) is 45.7 Å². The van der Waals surface area contributed by atoms with E-state index in [1.54, 1.807) is 0 Å². The molecule has 1 spiro atoms.